The van der Waals surface area contributed by atoms with Gasteiger partial charge in [0.05, 0.1) is 5.41 Å². The van der Waals surface area contributed by atoms with Gasteiger partial charge >= 0.3 is 0 Å². The summed E-state index contributed by atoms with van der Waals surface area (Å²) in [5.74, 6) is 0.170. The van der Waals surface area contributed by atoms with Crippen molar-refractivity contribution in [2.45, 2.75) is 20.4 Å². The summed E-state index contributed by atoms with van der Waals surface area (Å²) in [7, 11) is 0. The summed E-state index contributed by atoms with van der Waals surface area (Å²) in [6.07, 6.45) is 3.64. The summed E-state index contributed by atoms with van der Waals surface area (Å²) in [6, 6.07) is 4.07. The van der Waals surface area contributed by atoms with Gasteiger partial charge in [-0.25, -0.2) is 0 Å². The minimum Gasteiger partial charge on any atom is -0.340 e. The number of aromatic nitrogens is 1. The summed E-state index contributed by atoms with van der Waals surface area (Å²) >= 11 is 0. The zero-order chi connectivity index (χ0) is 14.6. The normalized spacial score (nSPS) is 17.2. The van der Waals surface area contributed by atoms with E-state index in [0.29, 0.717) is 6.54 Å². The van der Waals surface area contributed by atoms with Crippen molar-refractivity contribution in [1.29, 1.82) is 0 Å². The van der Waals surface area contributed by atoms with Crippen LogP contribution in [-0.4, -0.2) is 53.4 Å². The third-order valence-electron chi connectivity index (χ3n) is 3.90. The Balaban J connectivity index is 1.85. The van der Waals surface area contributed by atoms with E-state index in [1.165, 1.54) is 5.56 Å². The second-order valence-electron chi connectivity index (χ2n) is 6.01. The number of piperazine rings is 1. The van der Waals surface area contributed by atoms with Crippen LogP contribution in [0, 0.1) is 5.41 Å². The predicted octanol–water partition coefficient (Wildman–Crippen LogP) is 0.711. The molecule has 1 saturated heterocycles. The molecular formula is C15H24N4O. The van der Waals surface area contributed by atoms with Crippen LogP contribution in [-0.2, 0) is 11.3 Å². The minimum atomic E-state index is -0.451. The van der Waals surface area contributed by atoms with Crippen LogP contribution >= 0.6 is 0 Å². The minimum absolute atomic E-state index is 0.170. The topological polar surface area (TPSA) is 62.5 Å². The largest absolute Gasteiger partial charge is 0.340 e. The fraction of sp³-hybridized carbons (Fsp3) is 0.600. The van der Waals surface area contributed by atoms with E-state index in [0.717, 1.165) is 32.7 Å². The Morgan fingerprint density at radius 2 is 1.85 bits per heavy atom. The van der Waals surface area contributed by atoms with E-state index in [1.54, 1.807) is 0 Å². The van der Waals surface area contributed by atoms with Crippen LogP contribution in [0.5, 0.6) is 0 Å². The van der Waals surface area contributed by atoms with Gasteiger partial charge in [0.1, 0.15) is 0 Å². The monoisotopic (exact) mass is 276 g/mol. The first-order valence-electron chi connectivity index (χ1n) is 7.13. The Morgan fingerprint density at radius 3 is 2.40 bits per heavy atom. The molecule has 0 radical (unpaired) electrons. The average molecular weight is 276 g/mol. The highest BCUT2D eigenvalue weighted by atomic mass is 16.2. The van der Waals surface area contributed by atoms with Crippen LogP contribution in [0.2, 0.25) is 0 Å². The van der Waals surface area contributed by atoms with E-state index >= 15 is 0 Å². The highest BCUT2D eigenvalue weighted by molar-refractivity contribution is 5.82. The molecule has 2 heterocycles. The van der Waals surface area contributed by atoms with Crippen molar-refractivity contribution < 1.29 is 4.79 Å². The maximum Gasteiger partial charge on any atom is 0.229 e. The molecule has 1 fully saturated rings. The smallest absolute Gasteiger partial charge is 0.229 e. The van der Waals surface area contributed by atoms with Crippen molar-refractivity contribution in [3.63, 3.8) is 0 Å². The number of hydrogen-bond donors (Lipinski definition) is 1. The van der Waals surface area contributed by atoms with E-state index in [-0.39, 0.29) is 5.91 Å². The van der Waals surface area contributed by atoms with Crippen LogP contribution in [0.25, 0.3) is 0 Å². The summed E-state index contributed by atoms with van der Waals surface area (Å²) in [5, 5.41) is 0. The maximum atomic E-state index is 12.3. The molecule has 0 aromatic carbocycles. The Labute approximate surface area is 120 Å². The molecule has 0 saturated carbocycles. The number of carbonyl (C=O) groups excluding carboxylic acids is 1. The van der Waals surface area contributed by atoms with Crippen molar-refractivity contribution in [2.75, 3.05) is 32.7 Å². The Kier molecular flexibility index (Phi) is 4.73. The van der Waals surface area contributed by atoms with Gasteiger partial charge in [-0.3, -0.25) is 14.7 Å². The molecule has 1 aliphatic rings. The molecule has 0 bridgehead atoms. The lowest BCUT2D eigenvalue weighted by Gasteiger charge is -2.38. The Morgan fingerprint density at radius 1 is 1.25 bits per heavy atom. The number of nitrogens with two attached hydrogens (primary N) is 1. The van der Waals surface area contributed by atoms with Crippen LogP contribution in [0.4, 0.5) is 0 Å². The molecule has 1 aliphatic heterocycles. The Hall–Kier alpha value is -1.46. The SMILES string of the molecule is CC(C)(CN)C(=O)N1CCN(Cc2ccncc2)CC1. The number of rotatable bonds is 4. The quantitative estimate of drug-likeness (QED) is 0.880. The summed E-state index contributed by atoms with van der Waals surface area (Å²) in [6.45, 7) is 8.54. The lowest BCUT2D eigenvalue weighted by molar-refractivity contribution is -0.141. The molecule has 0 spiro atoms. The van der Waals surface area contributed by atoms with Gasteiger partial charge < -0.3 is 10.6 Å². The van der Waals surface area contributed by atoms with Crippen LogP contribution in [0.15, 0.2) is 24.5 Å². The molecule has 1 amide bonds. The maximum absolute atomic E-state index is 12.3. The number of pyridine rings is 1. The highest BCUT2D eigenvalue weighted by Crippen LogP contribution is 2.18. The van der Waals surface area contributed by atoms with Gasteiger partial charge in [-0.15, -0.1) is 0 Å². The number of nitrogens with zero attached hydrogens (tertiary/aromatic N) is 3. The molecule has 0 aliphatic carbocycles. The predicted molar refractivity (Wildman–Crippen MR) is 78.9 cm³/mol. The average Bonchev–Trinajstić information content (AvgIpc) is 2.48. The van der Waals surface area contributed by atoms with Crippen molar-refractivity contribution in [2.24, 2.45) is 11.1 Å². The lowest BCUT2D eigenvalue weighted by Crippen LogP contribution is -2.53. The third-order valence-corrected chi connectivity index (χ3v) is 3.90. The van der Waals surface area contributed by atoms with E-state index in [1.807, 2.05) is 43.3 Å². The van der Waals surface area contributed by atoms with E-state index < -0.39 is 5.41 Å². The van der Waals surface area contributed by atoms with Crippen LogP contribution < -0.4 is 5.73 Å². The zero-order valence-electron chi connectivity index (χ0n) is 12.4. The van der Waals surface area contributed by atoms with Gasteiger partial charge in [0, 0.05) is 51.7 Å². The van der Waals surface area contributed by atoms with Crippen LogP contribution in [0.1, 0.15) is 19.4 Å². The van der Waals surface area contributed by atoms with Gasteiger partial charge in [-0.05, 0) is 31.5 Å². The van der Waals surface area contributed by atoms with Crippen molar-refractivity contribution in [1.82, 2.24) is 14.8 Å². The molecule has 0 unspecified atom stereocenters. The van der Waals surface area contributed by atoms with Crippen molar-refractivity contribution in [3.8, 4) is 0 Å². The lowest BCUT2D eigenvalue weighted by atomic mass is 9.91. The van der Waals surface area contributed by atoms with Crippen molar-refractivity contribution in [3.05, 3.63) is 30.1 Å². The van der Waals surface area contributed by atoms with Crippen molar-refractivity contribution >= 4 is 5.91 Å². The molecular weight excluding hydrogens is 252 g/mol. The molecule has 2 N–H and O–H groups in total. The van der Waals surface area contributed by atoms with Gasteiger partial charge in [0.15, 0.2) is 0 Å². The standard InChI is InChI=1S/C15H24N4O/c1-15(2,12-16)14(20)19-9-7-18(8-10-19)11-13-3-5-17-6-4-13/h3-6H,7-12,16H2,1-2H3. The summed E-state index contributed by atoms with van der Waals surface area (Å²) in [4.78, 5) is 20.7. The summed E-state index contributed by atoms with van der Waals surface area (Å²) < 4.78 is 0. The first-order valence-corrected chi connectivity index (χ1v) is 7.13. The molecule has 110 valence electrons. The number of amides is 1. The number of carbonyl (C=O) groups is 1. The molecule has 5 heteroatoms. The van der Waals surface area contributed by atoms with E-state index in [2.05, 4.69) is 9.88 Å². The molecule has 0 atom stereocenters. The Bertz CT molecular complexity index is 438. The van der Waals surface area contributed by atoms with Gasteiger partial charge in [-0.1, -0.05) is 0 Å². The molecule has 1 aromatic rings. The second kappa shape index (κ2) is 6.33. The van der Waals surface area contributed by atoms with Gasteiger partial charge in [-0.2, -0.15) is 0 Å². The number of hydrogen-bond acceptors (Lipinski definition) is 4. The fourth-order valence-electron chi connectivity index (χ4n) is 2.37. The molecule has 20 heavy (non-hydrogen) atoms. The highest BCUT2D eigenvalue weighted by Gasteiger charge is 2.32. The molecule has 5 nitrogen and oxygen atoms in total. The van der Waals surface area contributed by atoms with Gasteiger partial charge in [0.25, 0.3) is 0 Å². The van der Waals surface area contributed by atoms with E-state index in [4.69, 9.17) is 5.73 Å². The second-order valence-corrected chi connectivity index (χ2v) is 6.01. The zero-order valence-corrected chi connectivity index (χ0v) is 12.4. The molecule has 1 aromatic heterocycles. The first-order chi connectivity index (χ1) is 9.53. The third kappa shape index (κ3) is 3.55. The summed E-state index contributed by atoms with van der Waals surface area (Å²) in [5.41, 5.74) is 6.49. The van der Waals surface area contributed by atoms with Gasteiger partial charge in [0.2, 0.25) is 5.91 Å². The fourth-order valence-corrected chi connectivity index (χ4v) is 2.37. The molecule has 2 rings (SSSR count). The van der Waals surface area contributed by atoms with E-state index in [9.17, 15) is 4.79 Å². The first kappa shape index (κ1) is 14.9. The van der Waals surface area contributed by atoms with Crippen LogP contribution in [0.3, 0.4) is 0 Å².